The van der Waals surface area contributed by atoms with E-state index in [4.69, 9.17) is 31.0 Å². The highest BCUT2D eigenvalue weighted by Crippen LogP contribution is 2.66. The zero-order valence-electron chi connectivity index (χ0n) is 20.6. The van der Waals surface area contributed by atoms with E-state index in [0.717, 1.165) is 10.8 Å². The Hall–Kier alpha value is -3.09. The van der Waals surface area contributed by atoms with Crippen LogP contribution in [-0.4, -0.2) is 64.1 Å². The molecule has 1 amide bonds. The number of hydrazine groups is 1. The average molecular weight is 657 g/mol. The molecule has 1 aliphatic rings. The Bertz CT molecular complexity index is 1570. The van der Waals surface area contributed by atoms with Crippen molar-refractivity contribution < 1.29 is 66.1 Å². The van der Waals surface area contributed by atoms with Crippen molar-refractivity contribution in [3.8, 4) is 11.8 Å². The molecule has 0 spiro atoms. The summed E-state index contributed by atoms with van der Waals surface area (Å²) in [6.45, 7) is -0.149. The second kappa shape index (κ2) is 13.5. The molecule has 0 aromatic carbocycles. The standard InChI is InChI=1S/C17H22N7O15P3/c18-14-10(2-1-5-20-15(26)9-3-4-12(23-19)21-7-9)8-24(17(27)22-14)13-6-11(25)16(35-13)36-37-41(31,32)39-42(33,34)38-40(28,29)30/h3-4,7-8,11,13,16,25H,5-6,19H2,(H,20,26)(H,21,23)(H,31,32)(H,33,34)(H2,18,22,27)(H2,28,29,30). The van der Waals surface area contributed by atoms with Gasteiger partial charge in [-0.25, -0.2) is 29.3 Å². The van der Waals surface area contributed by atoms with E-state index in [-0.39, 0.29) is 29.9 Å². The topological polar surface area (TPSA) is 339 Å². The molecule has 1 fully saturated rings. The zero-order chi connectivity index (χ0) is 31.3. The molecule has 2 aromatic rings. The molecule has 0 bridgehead atoms. The largest absolute Gasteiger partial charge is 0.508 e. The Balaban J connectivity index is 1.62. The minimum Gasteiger partial charge on any atom is -0.388 e. The number of anilines is 2. The molecule has 11 N–H and O–H groups in total. The van der Waals surface area contributed by atoms with E-state index in [1.807, 2.05) is 0 Å². The lowest BCUT2D eigenvalue weighted by Gasteiger charge is -2.18. The van der Waals surface area contributed by atoms with Crippen LogP contribution in [0.25, 0.3) is 0 Å². The molecule has 3 heterocycles. The molecule has 1 aliphatic heterocycles. The summed E-state index contributed by atoms with van der Waals surface area (Å²) < 4.78 is 50.9. The molecule has 5 unspecified atom stereocenters. The van der Waals surface area contributed by atoms with Crippen molar-refractivity contribution in [1.82, 2.24) is 19.9 Å². The third-order valence-electron chi connectivity index (χ3n) is 4.72. The number of carbonyl (C=O) groups excluding carboxylic acids is 1. The van der Waals surface area contributed by atoms with Crippen molar-refractivity contribution in [2.75, 3.05) is 17.7 Å². The van der Waals surface area contributed by atoms with Crippen LogP contribution in [0.3, 0.4) is 0 Å². The monoisotopic (exact) mass is 657 g/mol. The number of amides is 1. The highest BCUT2D eigenvalue weighted by Gasteiger charge is 2.44. The first-order valence-electron chi connectivity index (χ1n) is 10.9. The van der Waals surface area contributed by atoms with Crippen molar-refractivity contribution in [1.29, 1.82) is 0 Å². The minimum atomic E-state index is -5.82. The Labute approximate surface area is 233 Å². The highest BCUT2D eigenvalue weighted by atomic mass is 31.3. The van der Waals surface area contributed by atoms with Crippen LogP contribution in [-0.2, 0) is 36.6 Å². The van der Waals surface area contributed by atoms with Gasteiger partial charge in [-0.1, -0.05) is 11.8 Å². The maximum Gasteiger partial charge on any atom is 0.508 e. The lowest BCUT2D eigenvalue weighted by Crippen LogP contribution is -2.29. The average Bonchev–Trinajstić information content (AvgIpc) is 3.24. The molecule has 25 heteroatoms. The van der Waals surface area contributed by atoms with Gasteiger partial charge in [0, 0.05) is 18.8 Å². The molecule has 5 atom stereocenters. The first-order chi connectivity index (χ1) is 19.5. The van der Waals surface area contributed by atoms with Crippen molar-refractivity contribution in [3.05, 3.63) is 46.1 Å². The first-order valence-corrected chi connectivity index (χ1v) is 15.4. The quantitative estimate of drug-likeness (QED) is 0.0421. The molecule has 3 rings (SSSR count). The van der Waals surface area contributed by atoms with Gasteiger partial charge >= 0.3 is 29.2 Å². The number of hydrogen-bond donors (Lipinski definition) is 9. The van der Waals surface area contributed by atoms with E-state index >= 15 is 0 Å². The van der Waals surface area contributed by atoms with Gasteiger partial charge in [-0.2, -0.15) is 18.5 Å². The van der Waals surface area contributed by atoms with E-state index in [9.17, 15) is 33.3 Å². The molecule has 42 heavy (non-hydrogen) atoms. The summed E-state index contributed by atoms with van der Waals surface area (Å²) in [5.74, 6) is 10.0. The number of nitrogens with one attached hydrogen (secondary N) is 2. The fourth-order valence-corrected chi connectivity index (χ4v) is 5.85. The summed E-state index contributed by atoms with van der Waals surface area (Å²) in [6, 6.07) is 2.95. The summed E-state index contributed by atoms with van der Waals surface area (Å²) in [4.78, 5) is 72.1. The minimum absolute atomic E-state index is 0.0135. The smallest absolute Gasteiger partial charge is 0.388 e. The number of pyridine rings is 1. The molecule has 0 aliphatic carbocycles. The second-order valence-electron chi connectivity index (χ2n) is 7.81. The number of aromatic nitrogens is 3. The number of nitrogens with zero attached hydrogens (tertiary/aromatic N) is 3. The summed E-state index contributed by atoms with van der Waals surface area (Å²) in [5.41, 5.74) is 7.34. The predicted molar refractivity (Wildman–Crippen MR) is 135 cm³/mol. The van der Waals surface area contributed by atoms with Gasteiger partial charge in [0.1, 0.15) is 24.0 Å². The molecule has 1 saturated heterocycles. The molecule has 2 aromatic heterocycles. The third kappa shape index (κ3) is 9.74. The summed E-state index contributed by atoms with van der Waals surface area (Å²) in [7, 11) is -17.1. The predicted octanol–water partition coefficient (Wildman–Crippen LogP) is -1.83. The van der Waals surface area contributed by atoms with Gasteiger partial charge in [0.05, 0.1) is 17.7 Å². The summed E-state index contributed by atoms with van der Waals surface area (Å²) >= 11 is 0. The van der Waals surface area contributed by atoms with Crippen molar-refractivity contribution in [3.63, 3.8) is 0 Å². The van der Waals surface area contributed by atoms with Crippen molar-refractivity contribution in [2.24, 2.45) is 5.84 Å². The van der Waals surface area contributed by atoms with E-state index in [1.54, 1.807) is 0 Å². The van der Waals surface area contributed by atoms with Crippen LogP contribution in [0.1, 0.15) is 28.6 Å². The Kier molecular flexibility index (Phi) is 10.7. The Morgan fingerprint density at radius 2 is 1.90 bits per heavy atom. The fraction of sp³-hybridized carbons (Fsp3) is 0.294. The summed E-state index contributed by atoms with van der Waals surface area (Å²) in [5, 5.41) is 12.7. The van der Waals surface area contributed by atoms with E-state index < -0.39 is 53.7 Å². The number of aliphatic hydroxyl groups is 1. The number of nitrogen functional groups attached to an aromatic ring is 2. The Morgan fingerprint density at radius 3 is 2.52 bits per heavy atom. The van der Waals surface area contributed by atoms with E-state index in [2.05, 4.69) is 50.7 Å². The van der Waals surface area contributed by atoms with Crippen molar-refractivity contribution in [2.45, 2.75) is 25.0 Å². The van der Waals surface area contributed by atoms with Gasteiger partial charge in [0.15, 0.2) is 0 Å². The van der Waals surface area contributed by atoms with Gasteiger partial charge < -0.3 is 45.9 Å². The number of aliphatic hydroxyl groups excluding tert-OH is 1. The lowest BCUT2D eigenvalue weighted by molar-refractivity contribution is -0.339. The summed E-state index contributed by atoms with van der Waals surface area (Å²) in [6.07, 6.45) is -2.82. The number of ether oxygens (including phenoxy) is 1. The normalized spacial score (nSPS) is 21.4. The van der Waals surface area contributed by atoms with Crippen LogP contribution in [0.2, 0.25) is 0 Å². The Morgan fingerprint density at radius 1 is 1.19 bits per heavy atom. The number of nitrogens with two attached hydrogens (primary N) is 2. The number of rotatable bonds is 11. The van der Waals surface area contributed by atoms with Crippen LogP contribution >= 0.6 is 23.5 Å². The molecule has 0 saturated carbocycles. The molecule has 230 valence electrons. The van der Waals surface area contributed by atoms with Crippen LogP contribution in [0, 0.1) is 11.8 Å². The molecule has 0 radical (unpaired) electrons. The fourth-order valence-electron chi connectivity index (χ4n) is 3.04. The van der Waals surface area contributed by atoms with Gasteiger partial charge in [-0.15, -0.1) is 4.67 Å². The van der Waals surface area contributed by atoms with E-state index in [1.165, 1.54) is 18.3 Å². The van der Waals surface area contributed by atoms with E-state index in [0.29, 0.717) is 5.82 Å². The van der Waals surface area contributed by atoms with Crippen LogP contribution < -0.4 is 28.0 Å². The highest BCUT2D eigenvalue weighted by molar-refractivity contribution is 7.66. The van der Waals surface area contributed by atoms with Gasteiger partial charge in [0.25, 0.3) is 5.91 Å². The number of hydrogen-bond acceptors (Lipinski definition) is 16. The maximum atomic E-state index is 12.4. The zero-order valence-corrected chi connectivity index (χ0v) is 23.3. The van der Waals surface area contributed by atoms with Crippen molar-refractivity contribution >= 4 is 41.0 Å². The van der Waals surface area contributed by atoms with Gasteiger partial charge in [0.2, 0.25) is 6.29 Å². The molecular weight excluding hydrogens is 635 g/mol. The van der Waals surface area contributed by atoms with Gasteiger partial charge in [-0.05, 0) is 12.1 Å². The first kappa shape index (κ1) is 33.4. The second-order valence-corrected chi connectivity index (χ2v) is 12.1. The lowest BCUT2D eigenvalue weighted by atomic mass is 10.2. The maximum absolute atomic E-state index is 12.4. The number of carbonyl (C=O) groups is 1. The van der Waals surface area contributed by atoms with Crippen LogP contribution in [0.4, 0.5) is 11.6 Å². The van der Waals surface area contributed by atoms with Crippen LogP contribution in [0.5, 0.6) is 0 Å². The third-order valence-corrected chi connectivity index (χ3v) is 8.32. The van der Waals surface area contributed by atoms with Gasteiger partial charge in [-0.3, -0.25) is 9.36 Å². The van der Waals surface area contributed by atoms with Crippen LogP contribution in [0.15, 0.2) is 29.3 Å². The SMILES string of the molecule is NNc1ccc(C(=O)NCC#Cc2cn(C3CC(O)C(OOP(=O)(O)OP(=O)(O)OP(=O)(O)O)O3)c(=O)nc2N)cn1. The molecular formula is C17H22N7O15P3. The number of phosphoric acid groups is 3. The molecule has 22 nitrogen and oxygen atoms in total.